The zero-order valence-corrected chi connectivity index (χ0v) is 26.9. The van der Waals surface area contributed by atoms with Crippen molar-refractivity contribution in [1.29, 1.82) is 0 Å². The molecule has 0 bridgehead atoms. The van der Waals surface area contributed by atoms with Gasteiger partial charge in [0.15, 0.2) is 6.10 Å². The van der Waals surface area contributed by atoms with E-state index >= 15 is 0 Å². The lowest BCUT2D eigenvalue weighted by Crippen LogP contribution is -2.33. The van der Waals surface area contributed by atoms with E-state index in [1.54, 1.807) is 44.3 Å². The highest BCUT2D eigenvalue weighted by Crippen LogP contribution is 2.39. The zero-order valence-electron chi connectivity index (χ0n) is 26.1. The molecule has 0 radical (unpaired) electrons. The number of anilines is 1. The van der Waals surface area contributed by atoms with Gasteiger partial charge in [-0.2, -0.15) is 5.10 Å². The van der Waals surface area contributed by atoms with E-state index in [1.807, 2.05) is 43.3 Å². The molecule has 0 aliphatic heterocycles. The number of rotatable bonds is 12. The molecule has 1 heterocycles. The molecule has 3 aromatic carbocycles. The molecule has 238 valence electrons. The van der Waals surface area contributed by atoms with Gasteiger partial charge in [0, 0.05) is 10.4 Å². The van der Waals surface area contributed by atoms with Gasteiger partial charge in [-0.15, -0.1) is 11.3 Å². The molecule has 46 heavy (non-hydrogen) atoms. The minimum atomic E-state index is -0.834. The molecule has 2 amide bonds. The van der Waals surface area contributed by atoms with Crippen LogP contribution in [0.15, 0.2) is 77.9 Å². The zero-order chi connectivity index (χ0) is 32.5. The van der Waals surface area contributed by atoms with Crippen LogP contribution in [0.1, 0.15) is 74.5 Å². The van der Waals surface area contributed by atoms with Gasteiger partial charge in [-0.1, -0.05) is 29.8 Å². The topological polar surface area (TPSA) is 115 Å². The van der Waals surface area contributed by atoms with E-state index in [0.717, 1.165) is 53.0 Å². The van der Waals surface area contributed by atoms with Gasteiger partial charge in [-0.3, -0.25) is 9.59 Å². The van der Waals surface area contributed by atoms with Crippen LogP contribution in [0.4, 0.5) is 5.00 Å². The quantitative estimate of drug-likeness (QED) is 0.0994. The monoisotopic (exact) mass is 639 g/mol. The number of esters is 1. The first-order chi connectivity index (χ1) is 22.3. The highest BCUT2D eigenvalue weighted by atomic mass is 32.1. The van der Waals surface area contributed by atoms with Crippen molar-refractivity contribution in [3.05, 3.63) is 111 Å². The molecule has 1 aliphatic rings. The van der Waals surface area contributed by atoms with Crippen molar-refractivity contribution in [2.75, 3.05) is 11.9 Å². The Morgan fingerprint density at radius 1 is 0.935 bits per heavy atom. The molecule has 5 rings (SSSR count). The Bertz CT molecular complexity index is 1700. The fourth-order valence-corrected chi connectivity index (χ4v) is 6.23. The molecular formula is C36H37N3O6S. The molecule has 0 unspecified atom stereocenters. The number of nitrogens with zero attached hydrogens (tertiary/aromatic N) is 1. The van der Waals surface area contributed by atoms with Gasteiger partial charge in [0.25, 0.3) is 11.8 Å². The summed E-state index contributed by atoms with van der Waals surface area (Å²) in [7, 11) is 0. The summed E-state index contributed by atoms with van der Waals surface area (Å²) >= 11 is 1.44. The summed E-state index contributed by atoms with van der Waals surface area (Å²) in [4.78, 5) is 39.5. The summed E-state index contributed by atoms with van der Waals surface area (Å²) in [6, 6.07) is 22.0. The van der Waals surface area contributed by atoms with Crippen molar-refractivity contribution in [1.82, 2.24) is 5.43 Å². The van der Waals surface area contributed by atoms with Crippen LogP contribution in [-0.2, 0) is 29.0 Å². The maximum atomic E-state index is 13.1. The van der Waals surface area contributed by atoms with E-state index in [-0.39, 0.29) is 12.5 Å². The highest BCUT2D eigenvalue weighted by Gasteiger charge is 2.27. The average Bonchev–Trinajstić information content (AvgIpc) is 3.43. The van der Waals surface area contributed by atoms with E-state index in [1.165, 1.54) is 16.9 Å². The van der Waals surface area contributed by atoms with Crippen LogP contribution < -0.4 is 20.2 Å². The molecule has 9 nitrogen and oxygen atoms in total. The van der Waals surface area contributed by atoms with Crippen molar-refractivity contribution < 1.29 is 28.6 Å². The van der Waals surface area contributed by atoms with Gasteiger partial charge in [-0.05, 0) is 112 Å². The highest BCUT2D eigenvalue weighted by molar-refractivity contribution is 7.17. The maximum Gasteiger partial charge on any atom is 0.341 e. The van der Waals surface area contributed by atoms with Crippen molar-refractivity contribution in [2.45, 2.75) is 59.2 Å². The SMILES string of the molecule is CCOC(=O)c1c(NC(=O)c2ccc(O[C@@H](C)C(=O)N/N=C\c3ccc(OCc4ccc(C)cc4)cc3)cc2)sc2c1CCCC2. The van der Waals surface area contributed by atoms with Crippen LogP contribution in [0, 0.1) is 6.92 Å². The predicted octanol–water partition coefficient (Wildman–Crippen LogP) is 6.86. The fraction of sp³-hybridized carbons (Fsp3) is 0.278. The number of aryl methyl sites for hydroxylation is 2. The molecular weight excluding hydrogens is 602 g/mol. The second kappa shape index (κ2) is 15.4. The molecule has 10 heteroatoms. The fourth-order valence-electron chi connectivity index (χ4n) is 4.95. The van der Waals surface area contributed by atoms with Crippen LogP contribution >= 0.6 is 11.3 Å². The summed E-state index contributed by atoms with van der Waals surface area (Å²) in [5.41, 5.74) is 7.43. The number of hydrogen-bond acceptors (Lipinski definition) is 8. The van der Waals surface area contributed by atoms with Crippen LogP contribution in [-0.4, -0.2) is 36.7 Å². The number of benzene rings is 3. The van der Waals surface area contributed by atoms with E-state index in [4.69, 9.17) is 14.2 Å². The summed E-state index contributed by atoms with van der Waals surface area (Å²) in [6.07, 6.45) is 4.47. The normalized spacial score (nSPS) is 13.0. The van der Waals surface area contributed by atoms with E-state index in [9.17, 15) is 14.4 Å². The Kier molecular flexibility index (Phi) is 10.8. The van der Waals surface area contributed by atoms with Crippen LogP contribution in [0.5, 0.6) is 11.5 Å². The van der Waals surface area contributed by atoms with E-state index < -0.39 is 18.0 Å². The third-order valence-electron chi connectivity index (χ3n) is 7.47. The number of nitrogens with one attached hydrogen (secondary N) is 2. The Morgan fingerprint density at radius 3 is 2.35 bits per heavy atom. The molecule has 0 saturated heterocycles. The number of carbonyl (C=O) groups is 3. The van der Waals surface area contributed by atoms with Gasteiger partial charge >= 0.3 is 5.97 Å². The van der Waals surface area contributed by atoms with Crippen LogP contribution in [0.25, 0.3) is 0 Å². The molecule has 1 atom stereocenters. The summed E-state index contributed by atoms with van der Waals surface area (Å²) < 4.78 is 16.9. The first-order valence-electron chi connectivity index (χ1n) is 15.3. The first kappa shape index (κ1) is 32.4. The number of hydrazone groups is 1. The number of ether oxygens (including phenoxy) is 3. The second-order valence-corrected chi connectivity index (χ2v) is 12.1. The average molecular weight is 640 g/mol. The van der Waals surface area contributed by atoms with Gasteiger partial charge in [0.05, 0.1) is 18.4 Å². The van der Waals surface area contributed by atoms with Crippen LogP contribution in [0.3, 0.4) is 0 Å². The largest absolute Gasteiger partial charge is 0.489 e. The van der Waals surface area contributed by atoms with E-state index in [2.05, 4.69) is 28.0 Å². The van der Waals surface area contributed by atoms with Crippen molar-refractivity contribution in [3.63, 3.8) is 0 Å². The lowest BCUT2D eigenvalue weighted by molar-refractivity contribution is -0.127. The summed E-state index contributed by atoms with van der Waals surface area (Å²) in [5.74, 6) is -0.0252. The molecule has 0 fully saturated rings. The number of carbonyl (C=O) groups excluding carboxylic acids is 3. The summed E-state index contributed by atoms with van der Waals surface area (Å²) in [6.45, 7) is 6.17. The first-order valence-corrected chi connectivity index (χ1v) is 16.1. The number of thiophene rings is 1. The van der Waals surface area contributed by atoms with Crippen molar-refractivity contribution >= 4 is 40.3 Å². The number of hydrogen-bond donors (Lipinski definition) is 2. The van der Waals surface area contributed by atoms with Gasteiger partial charge in [0.2, 0.25) is 0 Å². The third-order valence-corrected chi connectivity index (χ3v) is 8.68. The molecule has 0 saturated carbocycles. The smallest absolute Gasteiger partial charge is 0.341 e. The maximum absolute atomic E-state index is 13.1. The van der Waals surface area contributed by atoms with Gasteiger partial charge in [-0.25, -0.2) is 10.2 Å². The molecule has 1 aromatic heterocycles. The lowest BCUT2D eigenvalue weighted by Gasteiger charge is -2.13. The Labute approximate surface area is 272 Å². The Morgan fingerprint density at radius 2 is 1.63 bits per heavy atom. The summed E-state index contributed by atoms with van der Waals surface area (Å²) in [5, 5.41) is 7.46. The Balaban J connectivity index is 1.10. The van der Waals surface area contributed by atoms with Gasteiger partial charge in [0.1, 0.15) is 23.1 Å². The Hall–Kier alpha value is -4.96. The molecule has 1 aliphatic carbocycles. The van der Waals surface area contributed by atoms with Crippen molar-refractivity contribution in [2.24, 2.45) is 5.10 Å². The lowest BCUT2D eigenvalue weighted by atomic mass is 9.95. The minimum absolute atomic E-state index is 0.264. The molecule has 0 spiro atoms. The number of fused-ring (bicyclic) bond motifs is 1. The minimum Gasteiger partial charge on any atom is -0.489 e. The third kappa shape index (κ3) is 8.39. The van der Waals surface area contributed by atoms with Crippen LogP contribution in [0.2, 0.25) is 0 Å². The second-order valence-electron chi connectivity index (χ2n) is 11.0. The van der Waals surface area contributed by atoms with E-state index in [0.29, 0.717) is 28.5 Å². The number of amides is 2. The van der Waals surface area contributed by atoms with Gasteiger partial charge < -0.3 is 19.5 Å². The molecule has 2 N–H and O–H groups in total. The van der Waals surface area contributed by atoms with Crippen molar-refractivity contribution in [3.8, 4) is 11.5 Å². The molecule has 4 aromatic rings. The standard InChI is InChI=1S/C36H37N3O6S/c1-4-43-36(42)32-30-7-5-6-8-31(30)46-35(32)38-34(41)27-15-19-29(20-16-27)45-24(3)33(40)39-37-21-25-13-17-28(18-14-25)44-22-26-11-9-23(2)10-12-26/h9-21,24H,4-8,22H2,1-3H3,(H,38,41)(H,39,40)/b37-21-/t24-/m0/s1. The predicted molar refractivity (Wildman–Crippen MR) is 179 cm³/mol.